The lowest BCUT2D eigenvalue weighted by Crippen LogP contribution is -2.74. The minimum absolute atomic E-state index is 0.490. The van der Waals surface area contributed by atoms with Gasteiger partial charge in [0.2, 0.25) is 0 Å². The molecule has 3 nitrogen and oxygen atoms in total. The molecule has 0 aliphatic heterocycles. The Morgan fingerprint density at radius 1 is 0.521 bits per heavy atom. The molecule has 0 amide bonds. The summed E-state index contributed by atoms with van der Waals surface area (Å²) in [6, 6.07) is 63.9. The van der Waals surface area contributed by atoms with Crippen LogP contribution in [0.4, 0.5) is 5.69 Å². The van der Waals surface area contributed by atoms with E-state index in [1.54, 1.807) is 0 Å². The Kier molecular flexibility index (Phi) is 7.27. The van der Waals surface area contributed by atoms with Crippen molar-refractivity contribution in [3.63, 3.8) is 0 Å². The maximum Gasteiger partial charge on any atom is 0.190 e. The second-order valence-corrected chi connectivity index (χ2v) is 15.7. The fourth-order valence-corrected chi connectivity index (χ4v) is 12.2. The van der Waals surface area contributed by atoms with Crippen LogP contribution in [0.3, 0.4) is 0 Å². The Morgan fingerprint density at radius 2 is 1.00 bits per heavy atom. The van der Waals surface area contributed by atoms with E-state index < -0.39 is 8.07 Å². The van der Waals surface area contributed by atoms with Crippen molar-refractivity contribution >= 4 is 56.3 Å². The molecule has 7 aromatic carbocycles. The van der Waals surface area contributed by atoms with E-state index in [-0.39, 0.29) is 0 Å². The van der Waals surface area contributed by atoms with E-state index in [9.17, 15) is 5.26 Å². The average Bonchev–Trinajstić information content (AvgIpc) is 3.50. The van der Waals surface area contributed by atoms with E-state index >= 15 is 0 Å². The number of fused-ring (bicyclic) bond motifs is 3. The number of nitriles is 1. The first-order valence-electron chi connectivity index (χ1n) is 16.0. The predicted octanol–water partition coefficient (Wildman–Crippen LogP) is 8.25. The summed E-state index contributed by atoms with van der Waals surface area (Å²) in [5.41, 5.74) is 5.40. The van der Waals surface area contributed by atoms with Gasteiger partial charge < -0.3 is 4.57 Å². The van der Waals surface area contributed by atoms with E-state index in [0.717, 1.165) is 32.9 Å². The maximum absolute atomic E-state index is 10.9. The first-order valence-corrected chi connectivity index (χ1v) is 18.0. The van der Waals surface area contributed by atoms with Gasteiger partial charge in [0.05, 0.1) is 28.9 Å². The molecule has 0 bridgehead atoms. The fraction of sp³-hybridized carbons (Fsp3) is 0. The summed E-state index contributed by atoms with van der Waals surface area (Å²) in [6.45, 7) is 8.10. The van der Waals surface area contributed by atoms with Gasteiger partial charge in [0, 0.05) is 10.8 Å². The molecule has 1 aromatic heterocycles. The molecule has 0 saturated heterocycles. The van der Waals surface area contributed by atoms with Crippen LogP contribution < -0.4 is 20.7 Å². The first-order chi connectivity index (χ1) is 23.7. The molecule has 0 spiro atoms. The van der Waals surface area contributed by atoms with Gasteiger partial charge in [0.1, 0.15) is 6.07 Å². The lowest BCUT2D eigenvalue weighted by molar-refractivity contribution is 1.17. The van der Waals surface area contributed by atoms with Gasteiger partial charge in [-0.1, -0.05) is 152 Å². The molecule has 0 saturated carbocycles. The van der Waals surface area contributed by atoms with Crippen molar-refractivity contribution in [1.82, 2.24) is 4.57 Å². The van der Waals surface area contributed by atoms with E-state index in [1.165, 1.54) is 20.7 Å². The van der Waals surface area contributed by atoms with Crippen LogP contribution in [0.2, 0.25) is 0 Å². The van der Waals surface area contributed by atoms with Crippen LogP contribution >= 0.6 is 0 Å². The molecule has 224 valence electrons. The SMILES string of the molecule is [C-]#[N+]c1cc(-c2cccc([Si](c3ccccc3)(c3ccccc3)c3ccccc3)c2)c(C#N)c(-n2c3ccccc3c3ccccc32)c1. The van der Waals surface area contributed by atoms with Crippen molar-refractivity contribution in [2.24, 2.45) is 0 Å². The third-order valence-corrected chi connectivity index (χ3v) is 14.2. The van der Waals surface area contributed by atoms with Gasteiger partial charge in [0.25, 0.3) is 0 Å². The van der Waals surface area contributed by atoms with Gasteiger partial charge in [-0.05, 0) is 56.1 Å². The number of hydrogen-bond acceptors (Lipinski definition) is 1. The molecule has 0 aliphatic carbocycles. The minimum Gasteiger partial charge on any atom is -0.309 e. The lowest BCUT2D eigenvalue weighted by atomic mass is 9.97. The van der Waals surface area contributed by atoms with Gasteiger partial charge in [-0.15, -0.1) is 0 Å². The standard InChI is InChI=1S/C44H29N3Si/c1-46-33-29-40(41(31-45)44(30-33)47-42-26-13-11-24-38(42)39-25-12-14-27-43(39)47)32-16-15-23-37(28-32)48(34-17-5-2-6-18-34,35-19-7-3-8-20-35)36-21-9-4-10-22-36/h2-30H. The van der Waals surface area contributed by atoms with Crippen LogP contribution in [0.5, 0.6) is 0 Å². The zero-order valence-electron chi connectivity index (χ0n) is 26.1. The molecular formula is C44H29N3Si. The Hall–Kier alpha value is -6.46. The van der Waals surface area contributed by atoms with Crippen LogP contribution in [-0.4, -0.2) is 12.6 Å². The van der Waals surface area contributed by atoms with Crippen molar-refractivity contribution in [3.05, 3.63) is 193 Å². The third kappa shape index (κ3) is 4.55. The van der Waals surface area contributed by atoms with Gasteiger partial charge in [-0.25, -0.2) is 4.85 Å². The molecule has 8 rings (SSSR count). The second kappa shape index (κ2) is 12.0. The number of para-hydroxylation sites is 2. The van der Waals surface area contributed by atoms with Crippen LogP contribution in [0, 0.1) is 17.9 Å². The third-order valence-electron chi connectivity index (χ3n) is 9.39. The number of benzene rings is 7. The zero-order chi connectivity index (χ0) is 32.5. The number of aromatic nitrogens is 1. The summed E-state index contributed by atoms with van der Waals surface area (Å²) < 4.78 is 2.14. The van der Waals surface area contributed by atoms with Crippen LogP contribution in [0.15, 0.2) is 176 Å². The molecule has 0 unspecified atom stereocenters. The summed E-state index contributed by atoms with van der Waals surface area (Å²) in [4.78, 5) is 3.91. The van der Waals surface area contributed by atoms with Crippen LogP contribution in [0.25, 0.3) is 43.5 Å². The summed E-state index contributed by atoms with van der Waals surface area (Å²) in [7, 11) is -2.80. The van der Waals surface area contributed by atoms with E-state index in [0.29, 0.717) is 16.9 Å². The highest BCUT2D eigenvalue weighted by Crippen LogP contribution is 2.38. The number of hydrogen-bond donors (Lipinski definition) is 0. The minimum atomic E-state index is -2.80. The van der Waals surface area contributed by atoms with Crippen LogP contribution in [0.1, 0.15) is 5.56 Å². The van der Waals surface area contributed by atoms with Gasteiger partial charge in [-0.2, -0.15) is 5.26 Å². The first kappa shape index (κ1) is 29.0. The topological polar surface area (TPSA) is 33.1 Å². The number of rotatable bonds is 6. The molecular weight excluding hydrogens is 599 g/mol. The molecule has 0 fully saturated rings. The molecule has 1 heterocycles. The van der Waals surface area contributed by atoms with E-state index in [2.05, 4.69) is 155 Å². The van der Waals surface area contributed by atoms with Crippen molar-refractivity contribution in [1.29, 1.82) is 5.26 Å². The summed E-state index contributed by atoms with van der Waals surface area (Å²) in [6.07, 6.45) is 0. The lowest BCUT2D eigenvalue weighted by Gasteiger charge is -2.34. The van der Waals surface area contributed by atoms with Crippen molar-refractivity contribution in [3.8, 4) is 22.9 Å². The summed E-state index contributed by atoms with van der Waals surface area (Å²) in [5, 5.41) is 18.2. The maximum atomic E-state index is 10.9. The second-order valence-electron chi connectivity index (χ2n) is 11.9. The Labute approximate surface area is 281 Å². The van der Waals surface area contributed by atoms with Gasteiger partial charge in [-0.3, -0.25) is 0 Å². The highest BCUT2D eigenvalue weighted by Gasteiger charge is 2.41. The molecule has 48 heavy (non-hydrogen) atoms. The Morgan fingerprint density at radius 3 is 1.50 bits per heavy atom. The predicted molar refractivity (Wildman–Crippen MR) is 201 cm³/mol. The summed E-state index contributed by atoms with van der Waals surface area (Å²) in [5.74, 6) is 0. The highest BCUT2D eigenvalue weighted by molar-refractivity contribution is 7.19. The average molecular weight is 628 g/mol. The molecule has 0 atom stereocenters. The van der Waals surface area contributed by atoms with Crippen LogP contribution in [-0.2, 0) is 0 Å². The van der Waals surface area contributed by atoms with E-state index in [1.807, 2.05) is 36.4 Å². The normalized spacial score (nSPS) is 11.3. The Bertz CT molecular complexity index is 2370. The van der Waals surface area contributed by atoms with Crippen molar-refractivity contribution in [2.45, 2.75) is 0 Å². The molecule has 0 N–H and O–H groups in total. The van der Waals surface area contributed by atoms with Gasteiger partial charge in [0.15, 0.2) is 13.8 Å². The summed E-state index contributed by atoms with van der Waals surface area (Å²) >= 11 is 0. The zero-order valence-corrected chi connectivity index (χ0v) is 27.1. The smallest absolute Gasteiger partial charge is 0.190 e. The van der Waals surface area contributed by atoms with E-state index in [4.69, 9.17) is 6.57 Å². The van der Waals surface area contributed by atoms with Gasteiger partial charge >= 0.3 is 0 Å². The quantitative estimate of drug-likeness (QED) is 0.104. The fourth-order valence-electron chi connectivity index (χ4n) is 7.36. The van der Waals surface area contributed by atoms with Crippen molar-refractivity contribution < 1.29 is 0 Å². The molecule has 4 heteroatoms. The number of nitrogens with zero attached hydrogens (tertiary/aromatic N) is 3. The highest BCUT2D eigenvalue weighted by atomic mass is 28.3. The molecule has 0 aliphatic rings. The molecule has 0 radical (unpaired) electrons. The largest absolute Gasteiger partial charge is 0.309 e. The van der Waals surface area contributed by atoms with Crippen molar-refractivity contribution in [2.75, 3.05) is 0 Å². The monoisotopic (exact) mass is 627 g/mol. The Balaban J connectivity index is 1.43. The molecule has 8 aromatic rings.